The van der Waals surface area contributed by atoms with E-state index in [-0.39, 0.29) is 0 Å². The molecule has 0 aromatic heterocycles. The molecular weight excluding hydrogens is 232 g/mol. The van der Waals surface area contributed by atoms with E-state index in [0.717, 1.165) is 11.8 Å². The molecule has 0 unspecified atom stereocenters. The third-order valence-corrected chi connectivity index (χ3v) is 2.39. The minimum atomic E-state index is -0.395. The molecule has 0 aliphatic carbocycles. The lowest BCUT2D eigenvalue weighted by Crippen LogP contribution is -2.08. The summed E-state index contributed by atoms with van der Waals surface area (Å²) in [5.74, 6) is 0.125. The average molecular weight is 250 g/mol. The Bertz CT molecular complexity index is 412. The average Bonchev–Trinajstić information content (AvgIpc) is 2.38. The van der Waals surface area contributed by atoms with Gasteiger partial charge in [0.2, 0.25) is 0 Å². The van der Waals surface area contributed by atoms with Crippen molar-refractivity contribution in [2.75, 3.05) is 13.2 Å². The zero-order valence-electron chi connectivity index (χ0n) is 10.8. The Morgan fingerprint density at radius 3 is 2.67 bits per heavy atom. The molecule has 0 amide bonds. The summed E-state index contributed by atoms with van der Waals surface area (Å²) in [4.78, 5) is 22.1. The first-order valence-corrected chi connectivity index (χ1v) is 6.09. The monoisotopic (exact) mass is 250 g/mol. The number of aldehydes is 1. The minimum absolute atomic E-state index is 0.322. The standard InChI is InChI=1S/C14H18O4/c1-3-17-13-8-7-11(6-5-9-15)10-12(13)14(16)18-4-2/h7-10H,3-6H2,1-2H3. The number of aryl methyl sites for hydroxylation is 1. The predicted molar refractivity (Wildman–Crippen MR) is 68.0 cm³/mol. The molecule has 0 fully saturated rings. The fraction of sp³-hybridized carbons (Fsp3) is 0.429. The molecule has 0 saturated carbocycles. The molecule has 0 aliphatic heterocycles. The lowest BCUT2D eigenvalue weighted by molar-refractivity contribution is -0.107. The van der Waals surface area contributed by atoms with E-state index in [1.807, 2.05) is 13.0 Å². The highest BCUT2D eigenvalue weighted by Gasteiger charge is 2.14. The Labute approximate surface area is 107 Å². The summed E-state index contributed by atoms with van der Waals surface area (Å²) in [7, 11) is 0. The van der Waals surface area contributed by atoms with Gasteiger partial charge in [0, 0.05) is 6.42 Å². The third kappa shape index (κ3) is 3.87. The van der Waals surface area contributed by atoms with E-state index >= 15 is 0 Å². The van der Waals surface area contributed by atoms with Crippen molar-refractivity contribution >= 4 is 12.3 Å². The fourth-order valence-corrected chi connectivity index (χ4v) is 1.61. The number of ether oxygens (including phenoxy) is 2. The van der Waals surface area contributed by atoms with Crippen LogP contribution in [0.15, 0.2) is 18.2 Å². The largest absolute Gasteiger partial charge is 0.493 e. The Kier molecular flexibility index (Phi) is 5.91. The highest BCUT2D eigenvalue weighted by atomic mass is 16.5. The number of benzene rings is 1. The van der Waals surface area contributed by atoms with Gasteiger partial charge in [0.1, 0.15) is 17.6 Å². The van der Waals surface area contributed by atoms with Crippen LogP contribution in [0, 0.1) is 0 Å². The second kappa shape index (κ2) is 7.48. The number of rotatable bonds is 7. The van der Waals surface area contributed by atoms with Crippen LogP contribution in [0.3, 0.4) is 0 Å². The van der Waals surface area contributed by atoms with Gasteiger partial charge >= 0.3 is 5.97 Å². The molecule has 0 radical (unpaired) electrons. The van der Waals surface area contributed by atoms with Crippen LogP contribution in [0.4, 0.5) is 0 Å². The summed E-state index contributed by atoms with van der Waals surface area (Å²) in [6, 6.07) is 5.33. The van der Waals surface area contributed by atoms with Crippen LogP contribution >= 0.6 is 0 Å². The lowest BCUT2D eigenvalue weighted by atomic mass is 10.1. The Balaban J connectivity index is 2.98. The Morgan fingerprint density at radius 2 is 2.06 bits per heavy atom. The maximum Gasteiger partial charge on any atom is 0.341 e. The van der Waals surface area contributed by atoms with E-state index in [4.69, 9.17) is 9.47 Å². The summed E-state index contributed by atoms with van der Waals surface area (Å²) in [5, 5.41) is 0. The van der Waals surface area contributed by atoms with Crippen LogP contribution in [-0.4, -0.2) is 25.5 Å². The summed E-state index contributed by atoms with van der Waals surface area (Å²) in [5.41, 5.74) is 1.34. The van der Waals surface area contributed by atoms with Gasteiger partial charge in [-0.25, -0.2) is 4.79 Å². The first-order chi connectivity index (χ1) is 8.72. The molecule has 4 heteroatoms. The van der Waals surface area contributed by atoms with Gasteiger partial charge in [-0.2, -0.15) is 0 Å². The van der Waals surface area contributed by atoms with Crippen LogP contribution in [0.5, 0.6) is 5.75 Å². The molecule has 0 heterocycles. The maximum absolute atomic E-state index is 11.8. The van der Waals surface area contributed by atoms with E-state index in [1.54, 1.807) is 19.1 Å². The molecule has 4 nitrogen and oxygen atoms in total. The van der Waals surface area contributed by atoms with Crippen molar-refractivity contribution in [3.63, 3.8) is 0 Å². The molecule has 0 saturated heterocycles. The van der Waals surface area contributed by atoms with Gasteiger partial charge in [-0.1, -0.05) is 6.07 Å². The smallest absolute Gasteiger partial charge is 0.341 e. The molecule has 1 rings (SSSR count). The quantitative estimate of drug-likeness (QED) is 0.550. The van der Waals surface area contributed by atoms with Crippen molar-refractivity contribution in [3.05, 3.63) is 29.3 Å². The van der Waals surface area contributed by atoms with Gasteiger partial charge in [-0.3, -0.25) is 0 Å². The normalized spacial score (nSPS) is 9.89. The van der Waals surface area contributed by atoms with Gasteiger partial charge in [0.15, 0.2) is 0 Å². The fourth-order valence-electron chi connectivity index (χ4n) is 1.61. The number of esters is 1. The molecule has 0 N–H and O–H groups in total. The number of hydrogen-bond acceptors (Lipinski definition) is 4. The molecule has 1 aromatic rings. The molecule has 18 heavy (non-hydrogen) atoms. The van der Waals surface area contributed by atoms with Gasteiger partial charge < -0.3 is 14.3 Å². The van der Waals surface area contributed by atoms with E-state index < -0.39 is 5.97 Å². The van der Waals surface area contributed by atoms with Crippen molar-refractivity contribution in [2.24, 2.45) is 0 Å². The van der Waals surface area contributed by atoms with Crippen LogP contribution in [0.1, 0.15) is 36.2 Å². The van der Waals surface area contributed by atoms with Crippen LogP contribution in [-0.2, 0) is 16.0 Å². The minimum Gasteiger partial charge on any atom is -0.493 e. The van der Waals surface area contributed by atoms with Crippen molar-refractivity contribution in [1.29, 1.82) is 0 Å². The second-order valence-electron chi connectivity index (χ2n) is 3.69. The van der Waals surface area contributed by atoms with Gasteiger partial charge in [-0.05, 0) is 38.0 Å². The lowest BCUT2D eigenvalue weighted by Gasteiger charge is -2.11. The highest BCUT2D eigenvalue weighted by molar-refractivity contribution is 5.92. The van der Waals surface area contributed by atoms with Crippen molar-refractivity contribution in [1.82, 2.24) is 0 Å². The predicted octanol–water partition coefficient (Wildman–Crippen LogP) is 2.39. The third-order valence-electron chi connectivity index (χ3n) is 2.39. The van der Waals surface area contributed by atoms with E-state index in [0.29, 0.717) is 37.4 Å². The molecule has 1 aromatic carbocycles. The molecule has 0 atom stereocenters. The topological polar surface area (TPSA) is 52.6 Å². The number of carbonyl (C=O) groups excluding carboxylic acids is 2. The molecule has 0 spiro atoms. The Hall–Kier alpha value is -1.84. The van der Waals surface area contributed by atoms with E-state index in [9.17, 15) is 9.59 Å². The summed E-state index contributed by atoms with van der Waals surface area (Å²) >= 11 is 0. The van der Waals surface area contributed by atoms with Crippen molar-refractivity contribution in [3.8, 4) is 5.75 Å². The first kappa shape index (κ1) is 14.2. The van der Waals surface area contributed by atoms with E-state index in [2.05, 4.69) is 0 Å². The first-order valence-electron chi connectivity index (χ1n) is 6.09. The van der Waals surface area contributed by atoms with Gasteiger partial charge in [0.25, 0.3) is 0 Å². The van der Waals surface area contributed by atoms with Gasteiger partial charge in [-0.15, -0.1) is 0 Å². The summed E-state index contributed by atoms with van der Waals surface area (Å²) in [6.07, 6.45) is 1.92. The van der Waals surface area contributed by atoms with Crippen LogP contribution in [0.2, 0.25) is 0 Å². The van der Waals surface area contributed by atoms with Crippen LogP contribution < -0.4 is 4.74 Å². The zero-order chi connectivity index (χ0) is 13.4. The molecule has 0 bridgehead atoms. The SMILES string of the molecule is CCOC(=O)c1cc(CCC=O)ccc1OCC. The van der Waals surface area contributed by atoms with Gasteiger partial charge in [0.05, 0.1) is 13.2 Å². The Morgan fingerprint density at radius 1 is 1.28 bits per heavy atom. The van der Waals surface area contributed by atoms with Crippen molar-refractivity contribution < 1.29 is 19.1 Å². The summed E-state index contributed by atoms with van der Waals surface area (Å²) < 4.78 is 10.4. The molecule has 98 valence electrons. The second-order valence-corrected chi connectivity index (χ2v) is 3.69. The highest BCUT2D eigenvalue weighted by Crippen LogP contribution is 2.22. The molecule has 0 aliphatic rings. The van der Waals surface area contributed by atoms with E-state index in [1.165, 1.54) is 0 Å². The molecular formula is C14H18O4. The van der Waals surface area contributed by atoms with Crippen LogP contribution in [0.25, 0.3) is 0 Å². The zero-order valence-corrected chi connectivity index (χ0v) is 10.8. The van der Waals surface area contributed by atoms with Crippen molar-refractivity contribution in [2.45, 2.75) is 26.7 Å². The maximum atomic E-state index is 11.8. The number of hydrogen-bond donors (Lipinski definition) is 0. The summed E-state index contributed by atoms with van der Waals surface area (Å²) in [6.45, 7) is 4.42. The number of carbonyl (C=O) groups is 2.